The Kier molecular flexibility index (Phi) is 16.8. The highest BCUT2D eigenvalue weighted by atomic mass is 16.4. The number of likely N-dealkylation sites (N-methyl/N-ethyl adjacent to an activating group) is 1. The van der Waals surface area contributed by atoms with E-state index in [1.807, 2.05) is 122 Å². The van der Waals surface area contributed by atoms with Gasteiger partial charge in [-0.1, -0.05) is 67.6 Å². The lowest BCUT2D eigenvalue weighted by Crippen LogP contribution is -2.43. The van der Waals surface area contributed by atoms with Gasteiger partial charge in [-0.3, -0.25) is 19.5 Å². The van der Waals surface area contributed by atoms with E-state index >= 15 is 0 Å². The second kappa shape index (κ2) is 21.2. The third-order valence-corrected chi connectivity index (χ3v) is 8.41. The Balaban J connectivity index is 0.00000133. The molecular formula is C41H55N7O3. The molecule has 0 saturated carbocycles. The molecule has 272 valence electrons. The summed E-state index contributed by atoms with van der Waals surface area (Å²) in [6.45, 7) is 14.3. The number of oxazole rings is 1. The van der Waals surface area contributed by atoms with Crippen molar-refractivity contribution in [2.24, 2.45) is 4.99 Å². The zero-order chi connectivity index (χ0) is 37.2. The molecule has 10 heteroatoms. The standard InChI is InChI=1S/C37H44N6O3.C2H7N.C2H4/c1-5-21-42(37(45)35(41(3)4)28-15-10-7-11-16-28)23-20-39-31-25-29(18-19-30(31)38-2)36-40-26-33(46-36)32-17-12-22-43(32)34(44)24-27-13-8-6-9-14-27;1-3-2;1-2/h6-11,13-16,18-19,25-26,32,35,39H,2,5,12,17,20-24H2,1,3-4H3;3H,1-2H3;1-2H2/t32-,35+;;/m0../s1. The first kappa shape index (κ1) is 40.4. The maximum Gasteiger partial charge on any atom is 0.244 e. The number of benzene rings is 3. The van der Waals surface area contributed by atoms with E-state index in [0.29, 0.717) is 49.9 Å². The molecule has 10 nitrogen and oxygen atoms in total. The van der Waals surface area contributed by atoms with Gasteiger partial charge in [0, 0.05) is 31.7 Å². The number of hydrogen-bond donors (Lipinski definition) is 2. The summed E-state index contributed by atoms with van der Waals surface area (Å²) < 4.78 is 6.27. The van der Waals surface area contributed by atoms with Crippen LogP contribution in [0.25, 0.3) is 11.5 Å². The number of aliphatic imine (C=N–C) groups is 1. The minimum Gasteiger partial charge on any atom is -0.439 e. The van der Waals surface area contributed by atoms with Gasteiger partial charge in [-0.25, -0.2) is 4.98 Å². The first-order chi connectivity index (χ1) is 24.8. The van der Waals surface area contributed by atoms with Gasteiger partial charge in [0.05, 0.1) is 30.0 Å². The predicted molar refractivity (Wildman–Crippen MR) is 209 cm³/mol. The number of likely N-dealkylation sites (tertiary alicyclic amines) is 1. The Morgan fingerprint density at radius 3 is 2.31 bits per heavy atom. The number of aromatic nitrogens is 1. The molecule has 1 aliphatic heterocycles. The van der Waals surface area contributed by atoms with Gasteiger partial charge >= 0.3 is 0 Å². The summed E-state index contributed by atoms with van der Waals surface area (Å²) in [5.74, 6) is 1.34. The highest BCUT2D eigenvalue weighted by molar-refractivity contribution is 5.83. The van der Waals surface area contributed by atoms with Crippen molar-refractivity contribution in [1.29, 1.82) is 0 Å². The molecule has 2 heterocycles. The molecule has 1 aliphatic rings. The van der Waals surface area contributed by atoms with E-state index in [-0.39, 0.29) is 23.9 Å². The number of rotatable bonds is 14. The fraction of sp³-hybridized carbons (Fsp3) is 0.366. The lowest BCUT2D eigenvalue weighted by molar-refractivity contribution is -0.136. The van der Waals surface area contributed by atoms with Gasteiger partial charge in [-0.15, -0.1) is 13.2 Å². The monoisotopic (exact) mass is 693 g/mol. The van der Waals surface area contributed by atoms with Crippen LogP contribution < -0.4 is 10.6 Å². The van der Waals surface area contributed by atoms with Crippen molar-refractivity contribution in [2.45, 2.75) is 44.7 Å². The number of nitrogens with zero attached hydrogens (tertiary/aromatic N) is 5. The molecule has 51 heavy (non-hydrogen) atoms. The van der Waals surface area contributed by atoms with Crippen molar-refractivity contribution in [2.75, 3.05) is 59.7 Å². The number of carbonyl (C=O) groups is 2. The number of hydrogen-bond acceptors (Lipinski definition) is 8. The van der Waals surface area contributed by atoms with E-state index < -0.39 is 0 Å². The SMILES string of the molecule is C=C.C=Nc1ccc(-c2ncc([C@@H]3CCCN3C(=O)Cc3ccccc3)o2)cc1NCCN(CCC)C(=O)[C@@H](c1ccccc1)N(C)C.CNC. The molecule has 0 spiro atoms. The Morgan fingerprint density at radius 2 is 1.69 bits per heavy atom. The maximum absolute atomic E-state index is 13.7. The van der Waals surface area contributed by atoms with Crippen molar-refractivity contribution >= 4 is 29.9 Å². The highest BCUT2D eigenvalue weighted by Gasteiger charge is 2.33. The van der Waals surface area contributed by atoms with E-state index in [1.165, 1.54) is 0 Å². The molecule has 2 amide bonds. The average Bonchev–Trinajstić information content (AvgIpc) is 3.84. The second-order valence-electron chi connectivity index (χ2n) is 12.4. The van der Waals surface area contributed by atoms with Crippen molar-refractivity contribution in [3.8, 4) is 11.5 Å². The van der Waals surface area contributed by atoms with E-state index in [2.05, 4.69) is 47.4 Å². The van der Waals surface area contributed by atoms with Crippen LogP contribution in [0.5, 0.6) is 0 Å². The van der Waals surface area contributed by atoms with Crippen molar-refractivity contribution < 1.29 is 14.0 Å². The molecule has 0 bridgehead atoms. The molecular weight excluding hydrogens is 638 g/mol. The Bertz CT molecular complexity index is 1640. The summed E-state index contributed by atoms with van der Waals surface area (Å²) in [5.41, 5.74) is 4.25. The molecule has 1 fully saturated rings. The number of nitrogens with one attached hydrogen (secondary N) is 2. The number of amides is 2. The topological polar surface area (TPSA) is 106 Å². The first-order valence-electron chi connectivity index (χ1n) is 17.5. The largest absolute Gasteiger partial charge is 0.439 e. The first-order valence-corrected chi connectivity index (χ1v) is 17.5. The van der Waals surface area contributed by atoms with Crippen LogP contribution in [0.2, 0.25) is 0 Å². The van der Waals surface area contributed by atoms with Crippen LogP contribution >= 0.6 is 0 Å². The molecule has 5 rings (SSSR count). The molecule has 2 N–H and O–H groups in total. The summed E-state index contributed by atoms with van der Waals surface area (Å²) in [7, 11) is 7.62. The highest BCUT2D eigenvalue weighted by Crippen LogP contribution is 2.36. The van der Waals surface area contributed by atoms with Crippen molar-refractivity contribution in [3.05, 3.63) is 115 Å². The van der Waals surface area contributed by atoms with Crippen molar-refractivity contribution in [3.63, 3.8) is 0 Å². The van der Waals surface area contributed by atoms with E-state index in [0.717, 1.165) is 41.6 Å². The molecule has 3 aromatic carbocycles. The van der Waals surface area contributed by atoms with E-state index in [1.54, 1.807) is 6.20 Å². The molecule has 0 aliphatic carbocycles. The van der Waals surface area contributed by atoms with Crippen LogP contribution in [0, 0.1) is 0 Å². The van der Waals surface area contributed by atoms with Crippen LogP contribution in [-0.4, -0.2) is 92.6 Å². The number of carbonyl (C=O) groups excluding carboxylic acids is 2. The van der Waals surface area contributed by atoms with Gasteiger partial charge in [0.2, 0.25) is 17.7 Å². The zero-order valence-corrected chi connectivity index (χ0v) is 31.0. The molecule has 1 aromatic heterocycles. The minimum atomic E-state index is -0.356. The third kappa shape index (κ3) is 11.2. The smallest absolute Gasteiger partial charge is 0.244 e. The molecule has 2 atom stereocenters. The van der Waals surface area contributed by atoms with Gasteiger partial charge in [-0.05, 0) is 83.5 Å². The molecule has 0 radical (unpaired) electrons. The maximum atomic E-state index is 13.7. The predicted octanol–water partition coefficient (Wildman–Crippen LogP) is 7.17. The molecule has 4 aromatic rings. The van der Waals surface area contributed by atoms with Gasteiger partial charge in [-0.2, -0.15) is 0 Å². The van der Waals surface area contributed by atoms with Crippen LogP contribution in [0.1, 0.15) is 55.2 Å². The van der Waals surface area contributed by atoms with Gasteiger partial charge < -0.3 is 24.9 Å². The average molecular weight is 694 g/mol. The minimum absolute atomic E-state index is 0.0752. The van der Waals surface area contributed by atoms with Gasteiger partial charge in [0.15, 0.2) is 0 Å². The normalized spacial score (nSPS) is 14.1. The zero-order valence-electron chi connectivity index (χ0n) is 31.0. The summed E-state index contributed by atoms with van der Waals surface area (Å²) in [6.07, 6.45) is 4.73. The number of anilines is 1. The summed E-state index contributed by atoms with van der Waals surface area (Å²) in [4.78, 5) is 41.5. The fourth-order valence-corrected chi connectivity index (χ4v) is 6.15. The molecule has 0 unspecified atom stereocenters. The van der Waals surface area contributed by atoms with Crippen LogP contribution in [0.4, 0.5) is 11.4 Å². The fourth-order valence-electron chi connectivity index (χ4n) is 6.15. The summed E-state index contributed by atoms with van der Waals surface area (Å²) in [6, 6.07) is 25.0. The summed E-state index contributed by atoms with van der Waals surface area (Å²) >= 11 is 0. The Hall–Kier alpha value is -5.06. The summed E-state index contributed by atoms with van der Waals surface area (Å²) in [5, 5.41) is 6.22. The second-order valence-corrected chi connectivity index (χ2v) is 12.4. The lowest BCUT2D eigenvalue weighted by Gasteiger charge is -2.31. The molecule has 1 saturated heterocycles. The van der Waals surface area contributed by atoms with Crippen molar-refractivity contribution in [1.82, 2.24) is 25.0 Å². The van der Waals surface area contributed by atoms with Crippen LogP contribution in [-0.2, 0) is 16.0 Å². The van der Waals surface area contributed by atoms with E-state index in [4.69, 9.17) is 4.42 Å². The Labute approximate surface area is 304 Å². The Morgan fingerprint density at radius 1 is 1.02 bits per heavy atom. The van der Waals surface area contributed by atoms with Gasteiger partial charge in [0.25, 0.3) is 0 Å². The van der Waals surface area contributed by atoms with Gasteiger partial charge in [0.1, 0.15) is 11.8 Å². The van der Waals surface area contributed by atoms with Crippen LogP contribution in [0.15, 0.2) is 108 Å². The quantitative estimate of drug-likeness (QED) is 0.107. The lowest BCUT2D eigenvalue weighted by atomic mass is 10.0. The van der Waals surface area contributed by atoms with Crippen LogP contribution in [0.3, 0.4) is 0 Å². The van der Waals surface area contributed by atoms with E-state index in [9.17, 15) is 9.59 Å². The third-order valence-electron chi connectivity index (χ3n) is 8.41.